The van der Waals surface area contributed by atoms with Gasteiger partial charge < -0.3 is 9.64 Å². The first-order valence-corrected chi connectivity index (χ1v) is 6.63. The molecule has 1 aromatic heterocycles. The number of nitrogens with zero attached hydrogens (tertiary/aromatic N) is 3. The number of hydrogen-bond donors (Lipinski definition) is 0. The maximum Gasteiger partial charge on any atom is 0.391 e. The summed E-state index contributed by atoms with van der Waals surface area (Å²) in [5, 5.41) is 0.0378. The fraction of sp³-hybridized carbons (Fsp3) is 0.583. The molecule has 1 saturated heterocycles. The predicted octanol–water partition coefficient (Wildman–Crippen LogP) is 2.70. The Hall–Kier alpha value is -1.57. The van der Waals surface area contributed by atoms with Crippen LogP contribution in [0.3, 0.4) is 0 Å². The predicted molar refractivity (Wildman–Crippen MR) is 69.4 cm³/mol. The van der Waals surface area contributed by atoms with Crippen LogP contribution in [-0.4, -0.2) is 42.3 Å². The molecule has 0 aliphatic carbocycles. The Labute approximate surface area is 124 Å². The van der Waals surface area contributed by atoms with Gasteiger partial charge in [0.25, 0.3) is 0 Å². The Morgan fingerprint density at radius 2 is 2.05 bits per heavy atom. The van der Waals surface area contributed by atoms with Crippen LogP contribution in [-0.2, 0) is 4.74 Å². The molecule has 0 spiro atoms. The van der Waals surface area contributed by atoms with Crippen LogP contribution in [0.2, 0.25) is 5.02 Å². The number of carbonyl (C=O) groups excluding carboxylic acids is 1. The third-order valence-electron chi connectivity index (χ3n) is 3.35. The van der Waals surface area contributed by atoms with Crippen LogP contribution in [0.5, 0.6) is 0 Å². The maximum absolute atomic E-state index is 12.6. The van der Waals surface area contributed by atoms with Gasteiger partial charge in [0.1, 0.15) is 0 Å². The fourth-order valence-electron chi connectivity index (χ4n) is 2.16. The van der Waals surface area contributed by atoms with Gasteiger partial charge in [-0.25, -0.2) is 14.8 Å². The summed E-state index contributed by atoms with van der Waals surface area (Å²) in [7, 11) is 1.19. The van der Waals surface area contributed by atoms with Crippen LogP contribution in [0.4, 0.5) is 19.1 Å². The van der Waals surface area contributed by atoms with E-state index in [9.17, 15) is 18.0 Å². The first-order valence-electron chi connectivity index (χ1n) is 6.25. The van der Waals surface area contributed by atoms with E-state index in [-0.39, 0.29) is 42.6 Å². The Morgan fingerprint density at radius 1 is 1.43 bits per heavy atom. The topological polar surface area (TPSA) is 55.3 Å². The Bertz CT molecular complexity index is 531. The van der Waals surface area contributed by atoms with Crippen molar-refractivity contribution < 1.29 is 22.7 Å². The van der Waals surface area contributed by atoms with Crippen LogP contribution < -0.4 is 4.90 Å². The van der Waals surface area contributed by atoms with E-state index in [4.69, 9.17) is 11.6 Å². The van der Waals surface area contributed by atoms with E-state index < -0.39 is 18.1 Å². The molecule has 1 aliphatic heterocycles. The number of anilines is 1. The van der Waals surface area contributed by atoms with E-state index in [1.54, 1.807) is 4.90 Å². The highest BCUT2D eigenvalue weighted by molar-refractivity contribution is 6.33. The van der Waals surface area contributed by atoms with Crippen molar-refractivity contribution in [3.63, 3.8) is 0 Å². The highest BCUT2D eigenvalue weighted by Crippen LogP contribution is 2.34. The second-order valence-corrected chi connectivity index (χ2v) is 5.07. The second kappa shape index (κ2) is 6.05. The third kappa shape index (κ3) is 3.55. The summed E-state index contributed by atoms with van der Waals surface area (Å²) in [6.07, 6.45) is -2.98. The summed E-state index contributed by atoms with van der Waals surface area (Å²) in [6, 6.07) is 0. The number of carbonyl (C=O) groups is 1. The van der Waals surface area contributed by atoms with Gasteiger partial charge in [0.2, 0.25) is 5.95 Å². The first-order chi connectivity index (χ1) is 9.82. The molecule has 1 aliphatic rings. The molecule has 21 heavy (non-hydrogen) atoms. The lowest BCUT2D eigenvalue weighted by Crippen LogP contribution is -2.39. The Balaban J connectivity index is 2.12. The zero-order chi connectivity index (χ0) is 15.6. The second-order valence-electron chi connectivity index (χ2n) is 4.66. The number of aromatic nitrogens is 2. The minimum Gasteiger partial charge on any atom is -0.464 e. The van der Waals surface area contributed by atoms with Crippen molar-refractivity contribution in [1.82, 2.24) is 9.97 Å². The normalized spacial score (nSPS) is 16.9. The molecule has 9 heteroatoms. The van der Waals surface area contributed by atoms with Crippen molar-refractivity contribution in [2.75, 3.05) is 25.1 Å². The van der Waals surface area contributed by atoms with Gasteiger partial charge in [-0.15, -0.1) is 0 Å². The van der Waals surface area contributed by atoms with Crippen LogP contribution in [0.15, 0.2) is 6.20 Å². The Kier molecular flexibility index (Phi) is 4.55. The van der Waals surface area contributed by atoms with E-state index in [0.29, 0.717) is 0 Å². The van der Waals surface area contributed by atoms with Crippen LogP contribution in [0.25, 0.3) is 0 Å². The molecule has 0 N–H and O–H groups in total. The van der Waals surface area contributed by atoms with E-state index in [2.05, 4.69) is 14.7 Å². The third-order valence-corrected chi connectivity index (χ3v) is 3.63. The molecule has 0 bridgehead atoms. The molecule has 1 fully saturated rings. The first kappa shape index (κ1) is 15.8. The van der Waals surface area contributed by atoms with Gasteiger partial charge in [0.15, 0.2) is 5.69 Å². The van der Waals surface area contributed by atoms with E-state index in [0.717, 1.165) is 0 Å². The number of hydrogen-bond acceptors (Lipinski definition) is 5. The summed E-state index contributed by atoms with van der Waals surface area (Å²) >= 11 is 5.80. The van der Waals surface area contributed by atoms with Gasteiger partial charge in [0.05, 0.1) is 24.2 Å². The van der Waals surface area contributed by atoms with Gasteiger partial charge in [-0.05, 0) is 12.8 Å². The molecule has 116 valence electrons. The summed E-state index contributed by atoms with van der Waals surface area (Å²) in [4.78, 5) is 21.0. The van der Waals surface area contributed by atoms with Gasteiger partial charge in [-0.3, -0.25) is 0 Å². The van der Waals surface area contributed by atoms with Gasteiger partial charge in [-0.1, -0.05) is 11.6 Å². The summed E-state index contributed by atoms with van der Waals surface area (Å²) in [5.41, 5.74) is -0.0953. The fourth-order valence-corrected chi connectivity index (χ4v) is 2.33. The highest BCUT2D eigenvalue weighted by atomic mass is 35.5. The minimum absolute atomic E-state index is 0.0248. The molecule has 0 amide bonds. The lowest BCUT2D eigenvalue weighted by molar-refractivity contribution is -0.179. The van der Waals surface area contributed by atoms with E-state index >= 15 is 0 Å². The lowest BCUT2D eigenvalue weighted by Gasteiger charge is -2.32. The molecule has 0 saturated carbocycles. The molecule has 2 rings (SSSR count). The molecule has 2 heterocycles. The zero-order valence-corrected chi connectivity index (χ0v) is 11.9. The smallest absolute Gasteiger partial charge is 0.391 e. The lowest BCUT2D eigenvalue weighted by atomic mass is 9.96. The number of ether oxygens (including phenoxy) is 1. The quantitative estimate of drug-likeness (QED) is 0.783. The molecule has 0 aromatic carbocycles. The molecule has 5 nitrogen and oxygen atoms in total. The van der Waals surface area contributed by atoms with Crippen molar-refractivity contribution in [2.45, 2.75) is 19.0 Å². The monoisotopic (exact) mass is 323 g/mol. The Morgan fingerprint density at radius 3 is 2.57 bits per heavy atom. The van der Waals surface area contributed by atoms with Gasteiger partial charge in [-0.2, -0.15) is 13.2 Å². The molecular weight excluding hydrogens is 311 g/mol. The molecule has 0 unspecified atom stereocenters. The molecular formula is C12H13ClF3N3O2. The van der Waals surface area contributed by atoms with Crippen LogP contribution in [0, 0.1) is 5.92 Å². The number of halogens is 4. The van der Waals surface area contributed by atoms with E-state index in [1.807, 2.05) is 0 Å². The highest BCUT2D eigenvalue weighted by Gasteiger charge is 2.41. The summed E-state index contributed by atoms with van der Waals surface area (Å²) in [6.45, 7) is 0.346. The standard InChI is InChI=1S/C12H13ClF3N3O2/c1-21-10(20)9-8(13)6-17-11(18-9)19-4-2-7(3-5-19)12(14,15)16/h6-7H,2-5H2,1H3. The number of methoxy groups -OCH3 is 1. The molecule has 1 aromatic rings. The largest absolute Gasteiger partial charge is 0.464 e. The van der Waals surface area contributed by atoms with Gasteiger partial charge in [0, 0.05) is 13.1 Å². The number of esters is 1. The number of alkyl halides is 3. The summed E-state index contributed by atoms with van der Waals surface area (Å²) < 4.78 is 42.4. The average molecular weight is 324 g/mol. The SMILES string of the molecule is COC(=O)c1nc(N2CCC(C(F)(F)F)CC2)ncc1Cl. The maximum atomic E-state index is 12.6. The van der Waals surface area contributed by atoms with Crippen molar-refractivity contribution in [1.29, 1.82) is 0 Å². The van der Waals surface area contributed by atoms with Crippen LogP contribution in [0.1, 0.15) is 23.3 Å². The van der Waals surface area contributed by atoms with Crippen LogP contribution >= 0.6 is 11.6 Å². The minimum atomic E-state index is -4.18. The van der Waals surface area contributed by atoms with E-state index in [1.165, 1.54) is 13.3 Å². The number of rotatable bonds is 2. The van der Waals surface area contributed by atoms with Crippen molar-refractivity contribution >= 4 is 23.5 Å². The average Bonchev–Trinajstić information content (AvgIpc) is 2.46. The zero-order valence-electron chi connectivity index (χ0n) is 11.2. The summed E-state index contributed by atoms with van der Waals surface area (Å²) in [5.74, 6) is -1.84. The van der Waals surface area contributed by atoms with Crippen molar-refractivity contribution in [2.24, 2.45) is 5.92 Å². The molecule has 0 atom stereocenters. The van der Waals surface area contributed by atoms with Crippen molar-refractivity contribution in [3.8, 4) is 0 Å². The van der Waals surface area contributed by atoms with Crippen molar-refractivity contribution in [3.05, 3.63) is 16.9 Å². The molecule has 0 radical (unpaired) electrons. The number of piperidine rings is 1. The van der Waals surface area contributed by atoms with Gasteiger partial charge >= 0.3 is 12.1 Å².